The Kier molecular flexibility index (Phi) is 5.37. The predicted molar refractivity (Wildman–Crippen MR) is 76.1 cm³/mol. The van der Waals surface area contributed by atoms with Gasteiger partial charge in [0.15, 0.2) is 6.04 Å². The van der Waals surface area contributed by atoms with Crippen molar-refractivity contribution in [1.29, 1.82) is 0 Å². The lowest BCUT2D eigenvalue weighted by molar-refractivity contribution is -0.143. The highest BCUT2D eigenvalue weighted by molar-refractivity contribution is 9.11. The summed E-state index contributed by atoms with van der Waals surface area (Å²) in [5.41, 5.74) is 0.0227. The lowest BCUT2D eigenvalue weighted by Crippen LogP contribution is -2.38. The lowest BCUT2D eigenvalue weighted by Gasteiger charge is -2.22. The van der Waals surface area contributed by atoms with Crippen LogP contribution in [-0.2, 0) is 14.3 Å². The van der Waals surface area contributed by atoms with Crippen molar-refractivity contribution in [3.05, 3.63) is 20.8 Å². The van der Waals surface area contributed by atoms with E-state index in [-0.39, 0.29) is 0 Å². The van der Waals surface area contributed by atoms with Gasteiger partial charge in [-0.2, -0.15) is 0 Å². The van der Waals surface area contributed by atoms with Gasteiger partial charge in [-0.05, 0) is 53.7 Å². The van der Waals surface area contributed by atoms with Crippen LogP contribution in [0.1, 0.15) is 32.4 Å². The van der Waals surface area contributed by atoms with E-state index in [1.807, 2.05) is 0 Å². The second-order valence-corrected chi connectivity index (χ2v) is 7.08. The van der Waals surface area contributed by atoms with E-state index >= 15 is 0 Å². The summed E-state index contributed by atoms with van der Waals surface area (Å²) in [7, 11) is 1.27. The van der Waals surface area contributed by atoms with E-state index in [4.69, 9.17) is 4.74 Å². The zero-order chi connectivity index (χ0) is 14.6. The molecule has 1 atom stereocenters. The minimum absolute atomic E-state index is 0.545. The number of carbonyl (C=O) groups is 2. The number of rotatable bonds is 3. The summed E-state index contributed by atoms with van der Waals surface area (Å²) in [6.45, 7) is 5.25. The first kappa shape index (κ1) is 16.0. The molecule has 0 aliphatic rings. The molecule has 0 fully saturated rings. The van der Waals surface area contributed by atoms with Gasteiger partial charge in [0.1, 0.15) is 5.60 Å². The molecule has 0 aliphatic heterocycles. The van der Waals surface area contributed by atoms with Crippen molar-refractivity contribution in [3.63, 3.8) is 0 Å². The Bertz CT molecular complexity index is 467. The highest BCUT2D eigenvalue weighted by Gasteiger charge is 2.27. The normalized spacial score (nSPS) is 12.7. The van der Waals surface area contributed by atoms with Crippen molar-refractivity contribution >= 4 is 39.3 Å². The van der Waals surface area contributed by atoms with Crippen LogP contribution in [0.3, 0.4) is 0 Å². The number of nitrogens with one attached hydrogen (secondary N) is 1. The molecule has 0 bridgehead atoms. The van der Waals surface area contributed by atoms with Gasteiger partial charge in [-0.15, -0.1) is 11.3 Å². The molecule has 1 aromatic rings. The number of methoxy groups -OCH3 is 1. The standard InChI is InChI=1S/C12H16BrNO4S/c1-12(2,3)18-11(16)14-9(10(15)17-4)7-5-8(13)19-6-7/h5-6,9H,1-4H3,(H,14,16). The summed E-state index contributed by atoms with van der Waals surface area (Å²) in [6, 6.07) is 0.881. The Morgan fingerprint density at radius 2 is 2.05 bits per heavy atom. The third kappa shape index (κ3) is 5.20. The second-order valence-electron chi connectivity index (χ2n) is 4.79. The molecule has 1 rings (SSSR count). The van der Waals surface area contributed by atoms with Crippen LogP contribution < -0.4 is 5.32 Å². The molecule has 1 N–H and O–H groups in total. The van der Waals surface area contributed by atoms with Crippen LogP contribution in [0.4, 0.5) is 4.79 Å². The number of esters is 1. The number of ether oxygens (including phenoxy) is 2. The zero-order valence-electron chi connectivity index (χ0n) is 11.2. The first-order chi connectivity index (χ1) is 8.73. The van der Waals surface area contributed by atoms with Crippen LogP contribution in [0.25, 0.3) is 0 Å². The highest BCUT2D eigenvalue weighted by atomic mass is 79.9. The third-order valence-corrected chi connectivity index (χ3v) is 3.54. The molecule has 19 heavy (non-hydrogen) atoms. The Balaban J connectivity index is 2.82. The number of thiophene rings is 1. The first-order valence-electron chi connectivity index (χ1n) is 5.54. The molecular formula is C12H16BrNO4S. The number of hydrogen-bond donors (Lipinski definition) is 1. The van der Waals surface area contributed by atoms with Gasteiger partial charge >= 0.3 is 12.1 Å². The molecule has 1 amide bonds. The molecule has 0 aliphatic carbocycles. The van der Waals surface area contributed by atoms with Gasteiger partial charge in [0.25, 0.3) is 0 Å². The number of amides is 1. The molecule has 0 saturated carbocycles. The van der Waals surface area contributed by atoms with Crippen LogP contribution in [0.2, 0.25) is 0 Å². The predicted octanol–water partition coefficient (Wildman–Crippen LogP) is 3.25. The molecule has 0 radical (unpaired) electrons. The van der Waals surface area contributed by atoms with Gasteiger partial charge in [-0.3, -0.25) is 0 Å². The number of halogens is 1. The summed E-state index contributed by atoms with van der Waals surface area (Å²) in [4.78, 5) is 23.4. The van der Waals surface area contributed by atoms with E-state index in [1.165, 1.54) is 18.4 Å². The topological polar surface area (TPSA) is 64.6 Å². The monoisotopic (exact) mass is 349 g/mol. The van der Waals surface area contributed by atoms with E-state index < -0.39 is 23.7 Å². The molecule has 1 unspecified atom stereocenters. The number of carbonyl (C=O) groups excluding carboxylic acids is 2. The molecule has 5 nitrogen and oxygen atoms in total. The molecular weight excluding hydrogens is 334 g/mol. The van der Waals surface area contributed by atoms with E-state index in [0.717, 1.165) is 3.79 Å². The van der Waals surface area contributed by atoms with Crippen molar-refractivity contribution in [1.82, 2.24) is 5.32 Å². The minimum Gasteiger partial charge on any atom is -0.467 e. The first-order valence-corrected chi connectivity index (χ1v) is 7.21. The maximum absolute atomic E-state index is 11.7. The van der Waals surface area contributed by atoms with Crippen molar-refractivity contribution < 1.29 is 19.1 Å². The fraction of sp³-hybridized carbons (Fsp3) is 0.500. The van der Waals surface area contributed by atoms with E-state index in [9.17, 15) is 9.59 Å². The van der Waals surface area contributed by atoms with Gasteiger partial charge in [-0.25, -0.2) is 9.59 Å². The largest absolute Gasteiger partial charge is 0.467 e. The van der Waals surface area contributed by atoms with Gasteiger partial charge in [0.05, 0.1) is 10.9 Å². The minimum atomic E-state index is -0.873. The fourth-order valence-electron chi connectivity index (χ4n) is 1.30. The van der Waals surface area contributed by atoms with Crippen molar-refractivity contribution in [2.45, 2.75) is 32.4 Å². The summed E-state index contributed by atoms with van der Waals surface area (Å²) in [5.74, 6) is -0.545. The average molecular weight is 350 g/mol. The SMILES string of the molecule is COC(=O)C(NC(=O)OC(C)(C)C)c1csc(Br)c1. The molecule has 0 aromatic carbocycles. The van der Waals surface area contributed by atoms with E-state index in [2.05, 4.69) is 26.0 Å². The Morgan fingerprint density at radius 3 is 2.47 bits per heavy atom. The lowest BCUT2D eigenvalue weighted by atomic mass is 10.1. The van der Waals surface area contributed by atoms with Crippen LogP contribution in [0.5, 0.6) is 0 Å². The maximum Gasteiger partial charge on any atom is 0.408 e. The smallest absolute Gasteiger partial charge is 0.408 e. The molecule has 1 heterocycles. The van der Waals surface area contributed by atoms with E-state index in [0.29, 0.717) is 5.56 Å². The van der Waals surface area contributed by atoms with Crippen molar-refractivity contribution in [2.75, 3.05) is 7.11 Å². The summed E-state index contributed by atoms with van der Waals surface area (Å²) in [6.07, 6.45) is -0.662. The Hall–Kier alpha value is -1.08. The van der Waals surface area contributed by atoms with Crippen molar-refractivity contribution in [2.24, 2.45) is 0 Å². The number of alkyl carbamates (subject to hydrolysis) is 1. The number of hydrogen-bond acceptors (Lipinski definition) is 5. The third-order valence-electron chi connectivity index (χ3n) is 2.02. The van der Waals surface area contributed by atoms with Gasteiger partial charge in [0.2, 0.25) is 0 Å². The molecule has 7 heteroatoms. The molecule has 0 spiro atoms. The maximum atomic E-state index is 11.7. The van der Waals surface area contributed by atoms with E-state index in [1.54, 1.807) is 32.2 Å². The Morgan fingerprint density at radius 1 is 1.42 bits per heavy atom. The highest BCUT2D eigenvalue weighted by Crippen LogP contribution is 2.26. The molecule has 1 aromatic heterocycles. The summed E-state index contributed by atoms with van der Waals surface area (Å²) >= 11 is 4.73. The summed E-state index contributed by atoms with van der Waals surface area (Å²) < 4.78 is 10.7. The van der Waals surface area contributed by atoms with Crippen molar-refractivity contribution in [3.8, 4) is 0 Å². The molecule has 0 saturated heterocycles. The average Bonchev–Trinajstić information content (AvgIpc) is 2.69. The van der Waals surface area contributed by atoms with Gasteiger partial charge in [-0.1, -0.05) is 0 Å². The van der Waals surface area contributed by atoms with Crippen LogP contribution in [-0.4, -0.2) is 24.8 Å². The van der Waals surface area contributed by atoms with Gasteiger partial charge in [0, 0.05) is 0 Å². The zero-order valence-corrected chi connectivity index (χ0v) is 13.6. The van der Waals surface area contributed by atoms with Crippen LogP contribution in [0.15, 0.2) is 15.2 Å². The summed E-state index contributed by atoms with van der Waals surface area (Å²) in [5, 5.41) is 4.27. The van der Waals surface area contributed by atoms with Crippen LogP contribution in [0, 0.1) is 0 Å². The Labute approximate surface area is 124 Å². The second kappa shape index (κ2) is 6.38. The van der Waals surface area contributed by atoms with Gasteiger partial charge < -0.3 is 14.8 Å². The quantitative estimate of drug-likeness (QED) is 0.850. The van der Waals surface area contributed by atoms with Crippen LogP contribution >= 0.6 is 27.3 Å². The fourth-order valence-corrected chi connectivity index (χ4v) is 2.50. The molecule has 106 valence electrons.